The van der Waals surface area contributed by atoms with Crippen molar-refractivity contribution in [1.82, 2.24) is 4.90 Å². The molecule has 0 radical (unpaired) electrons. The summed E-state index contributed by atoms with van der Waals surface area (Å²) in [5.74, 6) is -0.344. The van der Waals surface area contributed by atoms with E-state index in [1.807, 2.05) is 13.0 Å². The molecule has 0 N–H and O–H groups in total. The minimum Gasteiger partial charge on any atom is -0.338 e. The predicted molar refractivity (Wildman–Crippen MR) is 66.8 cm³/mol. The van der Waals surface area contributed by atoms with E-state index in [-0.39, 0.29) is 11.7 Å². The molecule has 0 aliphatic rings. The fourth-order valence-electron chi connectivity index (χ4n) is 1.32. The lowest BCUT2D eigenvalue weighted by Crippen LogP contribution is -2.24. The first-order valence-corrected chi connectivity index (χ1v) is 5.42. The second-order valence-corrected chi connectivity index (χ2v) is 3.71. The Morgan fingerprint density at radius 3 is 2.53 bits per heavy atom. The number of amides is 1. The summed E-state index contributed by atoms with van der Waals surface area (Å²) in [5.41, 5.74) is 0.904. The lowest BCUT2D eigenvalue weighted by Gasteiger charge is -2.14. The van der Waals surface area contributed by atoms with Gasteiger partial charge in [-0.2, -0.15) is 0 Å². The maximum Gasteiger partial charge on any atom is 0.246 e. The summed E-state index contributed by atoms with van der Waals surface area (Å²) in [7, 11) is 1.71. The van der Waals surface area contributed by atoms with Crippen LogP contribution in [0.25, 0.3) is 0 Å². The van der Waals surface area contributed by atoms with Gasteiger partial charge in [0.1, 0.15) is 5.82 Å². The van der Waals surface area contributed by atoms with Gasteiger partial charge in [0.2, 0.25) is 5.91 Å². The number of likely N-dealkylation sites (N-methyl/N-ethyl adjacent to an activating group) is 1. The van der Waals surface area contributed by atoms with E-state index in [1.54, 1.807) is 36.2 Å². The van der Waals surface area contributed by atoms with Gasteiger partial charge in [-0.1, -0.05) is 30.4 Å². The first kappa shape index (κ1) is 13.2. The van der Waals surface area contributed by atoms with Crippen LogP contribution >= 0.6 is 0 Å². The molecule has 0 aliphatic heterocycles. The van der Waals surface area contributed by atoms with Gasteiger partial charge in [0.15, 0.2) is 0 Å². The molecule has 0 aliphatic carbocycles. The first-order chi connectivity index (χ1) is 8.13. The number of hydrogen-bond donors (Lipinski definition) is 0. The number of nitrogens with zero attached hydrogens (tertiary/aromatic N) is 1. The van der Waals surface area contributed by atoms with Crippen LogP contribution in [0.5, 0.6) is 0 Å². The third-order valence-corrected chi connectivity index (χ3v) is 2.25. The van der Waals surface area contributed by atoms with Gasteiger partial charge in [-0.25, -0.2) is 4.39 Å². The Kier molecular flexibility index (Phi) is 5.14. The van der Waals surface area contributed by atoms with Gasteiger partial charge >= 0.3 is 0 Å². The van der Waals surface area contributed by atoms with Gasteiger partial charge in [0.25, 0.3) is 0 Å². The molecule has 0 saturated heterocycles. The van der Waals surface area contributed by atoms with Crippen molar-refractivity contribution in [1.29, 1.82) is 0 Å². The average molecular weight is 233 g/mol. The van der Waals surface area contributed by atoms with Crippen molar-refractivity contribution in [2.24, 2.45) is 0 Å². The van der Waals surface area contributed by atoms with Crippen molar-refractivity contribution in [3.8, 4) is 0 Å². The van der Waals surface area contributed by atoms with Gasteiger partial charge in [-0.15, -0.1) is 0 Å². The monoisotopic (exact) mass is 233 g/mol. The fraction of sp³-hybridized carbons (Fsp3) is 0.214. The lowest BCUT2D eigenvalue weighted by molar-refractivity contribution is -0.125. The molecule has 0 atom stereocenters. The van der Waals surface area contributed by atoms with Crippen molar-refractivity contribution in [2.45, 2.75) is 13.5 Å². The second kappa shape index (κ2) is 6.63. The summed E-state index contributed by atoms with van der Waals surface area (Å²) in [4.78, 5) is 13.2. The summed E-state index contributed by atoms with van der Waals surface area (Å²) < 4.78 is 12.7. The highest BCUT2D eigenvalue weighted by Gasteiger charge is 2.05. The topological polar surface area (TPSA) is 20.3 Å². The first-order valence-electron chi connectivity index (χ1n) is 5.42. The zero-order valence-corrected chi connectivity index (χ0v) is 10.1. The largest absolute Gasteiger partial charge is 0.338 e. The van der Waals surface area contributed by atoms with E-state index in [0.29, 0.717) is 6.54 Å². The van der Waals surface area contributed by atoms with Crippen LogP contribution in [0.4, 0.5) is 4.39 Å². The highest BCUT2D eigenvalue weighted by atomic mass is 19.1. The Labute approximate surface area is 101 Å². The fourth-order valence-corrected chi connectivity index (χ4v) is 1.32. The van der Waals surface area contributed by atoms with Crippen LogP contribution in [0.1, 0.15) is 12.5 Å². The average Bonchev–Trinajstić information content (AvgIpc) is 2.32. The van der Waals surface area contributed by atoms with Crippen molar-refractivity contribution in [2.75, 3.05) is 7.05 Å². The van der Waals surface area contributed by atoms with Gasteiger partial charge in [-0.05, 0) is 24.6 Å². The smallest absolute Gasteiger partial charge is 0.246 e. The van der Waals surface area contributed by atoms with E-state index in [0.717, 1.165) is 5.56 Å². The van der Waals surface area contributed by atoms with Gasteiger partial charge in [0, 0.05) is 19.7 Å². The third-order valence-electron chi connectivity index (χ3n) is 2.25. The molecule has 90 valence electrons. The number of hydrogen-bond acceptors (Lipinski definition) is 1. The Hall–Kier alpha value is -1.90. The van der Waals surface area contributed by atoms with E-state index in [9.17, 15) is 9.18 Å². The molecule has 0 spiro atoms. The van der Waals surface area contributed by atoms with Crippen LogP contribution in [0.2, 0.25) is 0 Å². The maximum atomic E-state index is 12.7. The maximum absolute atomic E-state index is 12.7. The van der Waals surface area contributed by atoms with E-state index >= 15 is 0 Å². The van der Waals surface area contributed by atoms with Crippen molar-refractivity contribution < 1.29 is 9.18 Å². The summed E-state index contributed by atoms with van der Waals surface area (Å²) in [6.07, 6.45) is 6.85. The molecule has 1 aromatic carbocycles. The summed E-state index contributed by atoms with van der Waals surface area (Å²) in [6.45, 7) is 2.36. The highest BCUT2D eigenvalue weighted by molar-refractivity contribution is 5.87. The molecule has 0 saturated carbocycles. The van der Waals surface area contributed by atoms with Crippen molar-refractivity contribution in [3.05, 3.63) is 60.0 Å². The molecular weight excluding hydrogens is 217 g/mol. The normalized spacial score (nSPS) is 11.2. The number of rotatable bonds is 4. The molecule has 17 heavy (non-hydrogen) atoms. The van der Waals surface area contributed by atoms with Crippen LogP contribution < -0.4 is 0 Å². The zero-order chi connectivity index (χ0) is 12.7. The highest BCUT2D eigenvalue weighted by Crippen LogP contribution is 2.05. The Morgan fingerprint density at radius 2 is 1.94 bits per heavy atom. The molecule has 1 amide bonds. The van der Waals surface area contributed by atoms with Crippen LogP contribution in [0.15, 0.2) is 48.6 Å². The minimum absolute atomic E-state index is 0.0765. The third kappa shape index (κ3) is 4.64. The molecule has 0 unspecified atom stereocenters. The quantitative estimate of drug-likeness (QED) is 0.578. The van der Waals surface area contributed by atoms with Crippen LogP contribution in [0, 0.1) is 5.82 Å². The van der Waals surface area contributed by atoms with Crippen LogP contribution in [0.3, 0.4) is 0 Å². The van der Waals surface area contributed by atoms with Crippen LogP contribution in [-0.2, 0) is 11.3 Å². The zero-order valence-electron chi connectivity index (χ0n) is 10.1. The molecule has 0 heterocycles. The number of allylic oxidation sites excluding steroid dienone is 3. The van der Waals surface area contributed by atoms with Gasteiger partial charge in [0.05, 0.1) is 0 Å². The Morgan fingerprint density at radius 1 is 1.29 bits per heavy atom. The molecule has 0 fully saturated rings. The number of carbonyl (C=O) groups is 1. The van der Waals surface area contributed by atoms with Gasteiger partial charge in [-0.3, -0.25) is 4.79 Å². The van der Waals surface area contributed by atoms with Crippen molar-refractivity contribution >= 4 is 5.91 Å². The minimum atomic E-state index is -0.268. The SMILES string of the molecule is C/C=C/C=C/C(=O)N(C)Cc1ccc(F)cc1. The van der Waals surface area contributed by atoms with E-state index in [1.165, 1.54) is 18.2 Å². The molecule has 3 heteroatoms. The summed E-state index contributed by atoms with van der Waals surface area (Å²) >= 11 is 0. The molecule has 1 rings (SSSR count). The van der Waals surface area contributed by atoms with Crippen LogP contribution in [-0.4, -0.2) is 17.9 Å². The van der Waals surface area contributed by atoms with Gasteiger partial charge < -0.3 is 4.90 Å². The summed E-state index contributed by atoms with van der Waals surface area (Å²) in [5, 5.41) is 0. The predicted octanol–water partition coefficient (Wildman–Crippen LogP) is 2.92. The number of carbonyl (C=O) groups excluding carboxylic acids is 1. The van der Waals surface area contributed by atoms with E-state index in [4.69, 9.17) is 0 Å². The molecule has 1 aromatic rings. The van der Waals surface area contributed by atoms with E-state index in [2.05, 4.69) is 0 Å². The Bertz CT molecular complexity index is 420. The molecule has 0 bridgehead atoms. The second-order valence-electron chi connectivity index (χ2n) is 3.71. The van der Waals surface area contributed by atoms with E-state index < -0.39 is 0 Å². The standard InChI is InChI=1S/C14H16FNO/c1-3-4-5-6-14(17)16(2)11-12-7-9-13(15)10-8-12/h3-10H,11H2,1-2H3/b4-3+,6-5+. The molecule has 0 aromatic heterocycles. The van der Waals surface area contributed by atoms with Crippen molar-refractivity contribution in [3.63, 3.8) is 0 Å². The molecular formula is C14H16FNO. The number of benzene rings is 1. The molecule has 2 nitrogen and oxygen atoms in total. The lowest BCUT2D eigenvalue weighted by atomic mass is 10.2. The number of halogens is 1. The summed E-state index contributed by atoms with van der Waals surface area (Å²) in [6, 6.07) is 6.14. The Balaban J connectivity index is 2.56.